The van der Waals surface area contributed by atoms with Crippen LogP contribution in [0.3, 0.4) is 0 Å². The monoisotopic (exact) mass is 271 g/mol. The molecule has 0 saturated carbocycles. The van der Waals surface area contributed by atoms with Crippen molar-refractivity contribution in [2.75, 3.05) is 12.8 Å². The lowest BCUT2D eigenvalue weighted by atomic mass is 9.88. The maximum Gasteiger partial charge on any atom is 0.244 e. The Morgan fingerprint density at radius 3 is 2.28 bits per heavy atom. The Hall–Kier alpha value is -1.14. The van der Waals surface area contributed by atoms with Gasteiger partial charge in [-0.25, -0.2) is 13.4 Å². The van der Waals surface area contributed by atoms with Gasteiger partial charge in [0.2, 0.25) is 10.0 Å². The molecule has 1 aromatic heterocycles. The highest BCUT2D eigenvalue weighted by Crippen LogP contribution is 2.27. The fraction of sp³-hybridized carbons (Fsp3) is 0.583. The molecule has 18 heavy (non-hydrogen) atoms. The van der Waals surface area contributed by atoms with Crippen LogP contribution in [0, 0.1) is 5.41 Å². The zero-order chi connectivity index (χ0) is 14.1. The summed E-state index contributed by atoms with van der Waals surface area (Å²) in [6.07, 6.45) is 1.29. The first kappa shape index (κ1) is 14.9. The SMILES string of the molecule is CC(N(C)S(=O)(=O)c1ccc(N)nc1)C(C)(C)C. The lowest BCUT2D eigenvalue weighted by molar-refractivity contribution is 0.216. The molecule has 0 fully saturated rings. The molecule has 6 heteroatoms. The third-order valence-corrected chi connectivity index (χ3v) is 5.15. The summed E-state index contributed by atoms with van der Waals surface area (Å²) in [5.74, 6) is 0.306. The Morgan fingerprint density at radius 1 is 1.33 bits per heavy atom. The fourth-order valence-electron chi connectivity index (χ4n) is 1.46. The van der Waals surface area contributed by atoms with Crippen molar-refractivity contribution < 1.29 is 8.42 Å². The van der Waals surface area contributed by atoms with Crippen LogP contribution >= 0.6 is 0 Å². The molecule has 5 nitrogen and oxygen atoms in total. The number of aromatic nitrogens is 1. The van der Waals surface area contributed by atoms with Crippen molar-refractivity contribution in [1.82, 2.24) is 9.29 Å². The van der Waals surface area contributed by atoms with E-state index in [-0.39, 0.29) is 16.4 Å². The van der Waals surface area contributed by atoms with E-state index in [4.69, 9.17) is 5.73 Å². The minimum atomic E-state index is -3.52. The first-order chi connectivity index (χ1) is 8.06. The summed E-state index contributed by atoms with van der Waals surface area (Å²) in [7, 11) is -1.94. The van der Waals surface area contributed by atoms with Gasteiger partial charge in [0.15, 0.2) is 0 Å². The summed E-state index contributed by atoms with van der Waals surface area (Å²) in [4.78, 5) is 3.98. The molecule has 1 heterocycles. The van der Waals surface area contributed by atoms with E-state index >= 15 is 0 Å². The van der Waals surface area contributed by atoms with Gasteiger partial charge in [-0.15, -0.1) is 0 Å². The number of nitrogen functional groups attached to an aromatic ring is 1. The van der Waals surface area contributed by atoms with E-state index in [1.165, 1.54) is 22.6 Å². The molecule has 0 bridgehead atoms. The van der Waals surface area contributed by atoms with Gasteiger partial charge in [0.05, 0.1) is 0 Å². The van der Waals surface area contributed by atoms with Crippen molar-refractivity contribution in [3.05, 3.63) is 18.3 Å². The van der Waals surface area contributed by atoms with Crippen LogP contribution in [0.25, 0.3) is 0 Å². The predicted molar refractivity (Wildman–Crippen MR) is 72.5 cm³/mol. The number of nitrogens with zero attached hydrogens (tertiary/aromatic N) is 2. The number of hydrogen-bond acceptors (Lipinski definition) is 4. The highest BCUT2D eigenvalue weighted by atomic mass is 32.2. The molecule has 0 aliphatic rings. The van der Waals surface area contributed by atoms with Crippen molar-refractivity contribution in [3.63, 3.8) is 0 Å². The van der Waals surface area contributed by atoms with Gasteiger partial charge in [-0.1, -0.05) is 20.8 Å². The minimum absolute atomic E-state index is 0.125. The van der Waals surface area contributed by atoms with Crippen molar-refractivity contribution in [3.8, 4) is 0 Å². The van der Waals surface area contributed by atoms with Gasteiger partial charge >= 0.3 is 0 Å². The molecule has 0 aromatic carbocycles. The van der Waals surface area contributed by atoms with Gasteiger partial charge < -0.3 is 5.73 Å². The second-order valence-corrected chi connectivity index (χ2v) is 7.48. The normalized spacial score (nSPS) is 14.8. The summed E-state index contributed by atoms with van der Waals surface area (Å²) in [6.45, 7) is 7.91. The summed E-state index contributed by atoms with van der Waals surface area (Å²) < 4.78 is 26.1. The van der Waals surface area contributed by atoms with E-state index in [1.807, 2.05) is 27.7 Å². The Morgan fingerprint density at radius 2 is 1.89 bits per heavy atom. The van der Waals surface area contributed by atoms with Crippen LogP contribution in [0.4, 0.5) is 5.82 Å². The van der Waals surface area contributed by atoms with Crippen LogP contribution in [0.1, 0.15) is 27.7 Å². The van der Waals surface area contributed by atoms with Gasteiger partial charge in [0.25, 0.3) is 0 Å². The van der Waals surface area contributed by atoms with Crippen LogP contribution in [-0.4, -0.2) is 30.8 Å². The molecular formula is C12H21N3O2S. The molecule has 1 unspecified atom stereocenters. The summed E-state index contributed by atoms with van der Waals surface area (Å²) in [6, 6.07) is 2.84. The third kappa shape index (κ3) is 3.00. The van der Waals surface area contributed by atoms with Gasteiger partial charge in [0, 0.05) is 19.3 Å². The van der Waals surface area contributed by atoms with Crippen LogP contribution in [0.5, 0.6) is 0 Å². The molecule has 0 radical (unpaired) electrons. The maximum atomic E-state index is 12.4. The Kier molecular flexibility index (Phi) is 4.02. The minimum Gasteiger partial charge on any atom is -0.384 e. The van der Waals surface area contributed by atoms with Crippen LogP contribution in [0.2, 0.25) is 0 Å². The number of rotatable bonds is 3. The Balaban J connectivity index is 3.11. The van der Waals surface area contributed by atoms with Gasteiger partial charge in [-0.2, -0.15) is 4.31 Å². The molecule has 2 N–H and O–H groups in total. The predicted octanol–water partition coefficient (Wildman–Crippen LogP) is 1.72. The van der Waals surface area contributed by atoms with E-state index < -0.39 is 10.0 Å². The third-order valence-electron chi connectivity index (χ3n) is 3.23. The van der Waals surface area contributed by atoms with E-state index in [0.717, 1.165) is 0 Å². The maximum absolute atomic E-state index is 12.4. The number of sulfonamides is 1. The van der Waals surface area contributed by atoms with Gasteiger partial charge in [-0.05, 0) is 24.5 Å². The van der Waals surface area contributed by atoms with Crippen molar-refractivity contribution in [1.29, 1.82) is 0 Å². The molecule has 0 spiro atoms. The average molecular weight is 271 g/mol. The highest BCUT2D eigenvalue weighted by Gasteiger charge is 2.32. The molecule has 1 atom stereocenters. The molecule has 0 aliphatic carbocycles. The summed E-state index contributed by atoms with van der Waals surface area (Å²) in [5.41, 5.74) is 5.32. The largest absolute Gasteiger partial charge is 0.384 e. The smallest absolute Gasteiger partial charge is 0.244 e. The van der Waals surface area contributed by atoms with Crippen molar-refractivity contribution >= 4 is 15.8 Å². The molecule has 102 valence electrons. The zero-order valence-electron chi connectivity index (χ0n) is 11.5. The lowest BCUT2D eigenvalue weighted by Gasteiger charge is -2.34. The van der Waals surface area contributed by atoms with E-state index in [1.54, 1.807) is 7.05 Å². The lowest BCUT2D eigenvalue weighted by Crippen LogP contribution is -2.42. The molecule has 0 saturated heterocycles. The van der Waals surface area contributed by atoms with Crippen molar-refractivity contribution in [2.24, 2.45) is 5.41 Å². The Bertz CT molecular complexity index is 503. The van der Waals surface area contributed by atoms with E-state index in [9.17, 15) is 8.42 Å². The van der Waals surface area contributed by atoms with Gasteiger partial charge in [0.1, 0.15) is 10.7 Å². The quantitative estimate of drug-likeness (QED) is 0.908. The Labute approximate surface area is 109 Å². The van der Waals surface area contributed by atoms with Gasteiger partial charge in [-0.3, -0.25) is 0 Å². The van der Waals surface area contributed by atoms with E-state index in [0.29, 0.717) is 5.82 Å². The topological polar surface area (TPSA) is 76.3 Å². The number of nitrogens with two attached hydrogens (primary N) is 1. The molecule has 0 aliphatic heterocycles. The average Bonchev–Trinajstić information content (AvgIpc) is 2.26. The summed E-state index contributed by atoms with van der Waals surface area (Å²) >= 11 is 0. The van der Waals surface area contributed by atoms with Crippen LogP contribution < -0.4 is 5.73 Å². The number of anilines is 1. The molecular weight excluding hydrogens is 250 g/mol. The van der Waals surface area contributed by atoms with Crippen molar-refractivity contribution in [2.45, 2.75) is 38.6 Å². The standard InChI is InChI=1S/C12H21N3O2S/c1-9(12(2,3)4)15(5)18(16,17)10-6-7-11(13)14-8-10/h6-9H,1-5H3,(H2,13,14). The second kappa shape index (κ2) is 4.85. The molecule has 1 aromatic rings. The second-order valence-electron chi connectivity index (χ2n) is 5.48. The van der Waals surface area contributed by atoms with Crippen LogP contribution in [-0.2, 0) is 10.0 Å². The van der Waals surface area contributed by atoms with Crippen LogP contribution in [0.15, 0.2) is 23.2 Å². The fourth-order valence-corrected chi connectivity index (χ4v) is 2.96. The summed E-state index contributed by atoms with van der Waals surface area (Å²) in [5, 5.41) is 0. The molecule has 0 amide bonds. The number of hydrogen-bond donors (Lipinski definition) is 1. The zero-order valence-corrected chi connectivity index (χ0v) is 12.3. The van der Waals surface area contributed by atoms with E-state index in [2.05, 4.69) is 4.98 Å². The number of pyridine rings is 1. The first-order valence-electron chi connectivity index (χ1n) is 5.76. The highest BCUT2D eigenvalue weighted by molar-refractivity contribution is 7.89. The molecule has 1 rings (SSSR count). The first-order valence-corrected chi connectivity index (χ1v) is 7.20.